The molecule has 0 spiro atoms. The first-order valence-electron chi connectivity index (χ1n) is 10.0. The molecule has 33 heavy (non-hydrogen) atoms. The van der Waals surface area contributed by atoms with E-state index in [1.807, 2.05) is 0 Å². The number of carboxylic acid groups (broad SMARTS) is 1. The zero-order chi connectivity index (χ0) is 25.1. The van der Waals surface area contributed by atoms with Gasteiger partial charge in [-0.3, -0.25) is 19.2 Å². The summed E-state index contributed by atoms with van der Waals surface area (Å²) in [6, 6.07) is 0.709. The summed E-state index contributed by atoms with van der Waals surface area (Å²) in [6.45, 7) is 0.514. The predicted octanol–water partition coefficient (Wildman–Crippen LogP) is -2.92. The Morgan fingerprint density at radius 1 is 0.909 bits per heavy atom. The van der Waals surface area contributed by atoms with Crippen LogP contribution < -0.4 is 27.4 Å². The number of phenolic OH excluding ortho intramolecular Hbond substituents is 1. The van der Waals surface area contributed by atoms with Crippen molar-refractivity contribution in [3.8, 4) is 5.75 Å². The number of carbonyl (C=O) groups excluding carboxylic acids is 4. The van der Waals surface area contributed by atoms with E-state index < -0.39 is 60.4 Å². The molecule has 0 aliphatic rings. The molecule has 0 bridgehead atoms. The van der Waals surface area contributed by atoms with Gasteiger partial charge in [0.05, 0.1) is 12.6 Å². The van der Waals surface area contributed by atoms with Gasteiger partial charge in [-0.25, -0.2) is 4.79 Å². The fraction of sp³-hybridized carbons (Fsp3) is 0.450. The van der Waals surface area contributed by atoms with Crippen LogP contribution in [0.25, 0.3) is 0 Å². The van der Waals surface area contributed by atoms with Gasteiger partial charge in [-0.2, -0.15) is 0 Å². The van der Waals surface area contributed by atoms with Gasteiger partial charge in [-0.05, 0) is 31.0 Å². The number of nitrogens with two attached hydrogens (primary N) is 2. The van der Waals surface area contributed by atoms with Gasteiger partial charge in [0.1, 0.15) is 23.9 Å². The molecule has 0 fully saturated rings. The number of phenols is 1. The highest BCUT2D eigenvalue weighted by Gasteiger charge is 2.30. The average molecular weight is 467 g/mol. The summed E-state index contributed by atoms with van der Waals surface area (Å²) in [4.78, 5) is 59.8. The van der Waals surface area contributed by atoms with E-state index in [4.69, 9.17) is 21.7 Å². The van der Waals surface area contributed by atoms with Crippen LogP contribution in [0.15, 0.2) is 24.3 Å². The number of aliphatic carboxylic acids is 1. The molecular formula is C20H29N5O8. The summed E-state index contributed by atoms with van der Waals surface area (Å²) in [5.74, 6) is -4.67. The summed E-state index contributed by atoms with van der Waals surface area (Å²) in [6.07, 6.45) is -0.578. The summed E-state index contributed by atoms with van der Waals surface area (Å²) in [5.41, 5.74) is 11.2. The average Bonchev–Trinajstić information content (AvgIpc) is 2.74. The fourth-order valence-corrected chi connectivity index (χ4v) is 2.67. The highest BCUT2D eigenvalue weighted by molar-refractivity contribution is 5.94. The molecule has 0 radical (unpaired) electrons. The molecule has 0 aliphatic heterocycles. The van der Waals surface area contributed by atoms with Gasteiger partial charge in [-0.1, -0.05) is 12.1 Å². The van der Waals surface area contributed by atoms with E-state index >= 15 is 0 Å². The minimum atomic E-state index is -1.63. The van der Waals surface area contributed by atoms with Gasteiger partial charge >= 0.3 is 5.97 Å². The van der Waals surface area contributed by atoms with Crippen LogP contribution in [-0.2, 0) is 30.4 Å². The number of rotatable bonds is 13. The lowest BCUT2D eigenvalue weighted by Crippen LogP contribution is -2.57. The van der Waals surface area contributed by atoms with Gasteiger partial charge in [0.15, 0.2) is 0 Å². The number of carbonyl (C=O) groups is 5. The predicted molar refractivity (Wildman–Crippen MR) is 114 cm³/mol. The molecular weight excluding hydrogens is 438 g/mol. The number of nitrogens with one attached hydrogen (secondary N) is 3. The van der Waals surface area contributed by atoms with Crippen molar-refractivity contribution < 1.29 is 39.3 Å². The molecule has 0 aromatic heterocycles. The molecule has 0 heterocycles. The van der Waals surface area contributed by atoms with Gasteiger partial charge < -0.3 is 42.7 Å². The van der Waals surface area contributed by atoms with Crippen LogP contribution in [0, 0.1) is 0 Å². The quantitative estimate of drug-likeness (QED) is 0.148. The van der Waals surface area contributed by atoms with E-state index in [0.29, 0.717) is 5.56 Å². The van der Waals surface area contributed by atoms with Crippen molar-refractivity contribution in [1.82, 2.24) is 16.0 Å². The van der Waals surface area contributed by atoms with Crippen LogP contribution in [-0.4, -0.2) is 75.7 Å². The van der Waals surface area contributed by atoms with Crippen molar-refractivity contribution in [3.05, 3.63) is 29.8 Å². The minimum Gasteiger partial charge on any atom is -0.508 e. The Kier molecular flexibility index (Phi) is 10.7. The topological polar surface area (TPSA) is 234 Å². The monoisotopic (exact) mass is 467 g/mol. The lowest BCUT2D eigenvalue weighted by atomic mass is 10.0. The third kappa shape index (κ3) is 9.53. The first-order valence-corrected chi connectivity index (χ1v) is 10.0. The number of primary amides is 1. The third-order valence-corrected chi connectivity index (χ3v) is 4.53. The first-order chi connectivity index (χ1) is 15.4. The molecule has 10 N–H and O–H groups in total. The van der Waals surface area contributed by atoms with Gasteiger partial charge in [0, 0.05) is 12.8 Å². The van der Waals surface area contributed by atoms with Crippen molar-refractivity contribution in [2.45, 2.75) is 50.4 Å². The number of hydrogen-bond donors (Lipinski definition) is 8. The van der Waals surface area contributed by atoms with Crippen molar-refractivity contribution in [3.63, 3.8) is 0 Å². The Bertz CT molecular complexity index is 859. The summed E-state index contributed by atoms with van der Waals surface area (Å²) >= 11 is 0. The lowest BCUT2D eigenvalue weighted by molar-refractivity contribution is -0.143. The van der Waals surface area contributed by atoms with Crippen LogP contribution in [0.5, 0.6) is 5.75 Å². The Morgan fingerprint density at radius 3 is 1.91 bits per heavy atom. The van der Waals surface area contributed by atoms with E-state index in [1.165, 1.54) is 31.2 Å². The number of amides is 4. The second kappa shape index (κ2) is 13.0. The standard InChI is InChI=1S/C20H29N5O8/c1-10(21)17(29)24-14(8-11-2-4-12(27)5-3-11)19(31)23-13(6-7-16(22)28)18(30)25-15(9-26)20(32)33/h2-5,10,13-15,26-27H,6-9,21H2,1H3,(H2,22,28)(H,23,31)(H,24,29)(H,25,30)(H,32,33). The second-order valence-corrected chi connectivity index (χ2v) is 7.37. The number of carboxylic acids is 1. The third-order valence-electron chi connectivity index (χ3n) is 4.53. The molecule has 4 atom stereocenters. The Balaban J connectivity index is 3.08. The normalized spacial score (nSPS) is 14.3. The minimum absolute atomic E-state index is 0.000535. The van der Waals surface area contributed by atoms with E-state index in [2.05, 4.69) is 16.0 Å². The lowest BCUT2D eigenvalue weighted by Gasteiger charge is -2.24. The van der Waals surface area contributed by atoms with E-state index in [9.17, 15) is 29.1 Å². The molecule has 4 unspecified atom stereocenters. The van der Waals surface area contributed by atoms with E-state index in [-0.39, 0.29) is 25.0 Å². The zero-order valence-electron chi connectivity index (χ0n) is 18.0. The molecule has 0 saturated heterocycles. The molecule has 182 valence electrons. The molecule has 1 aromatic rings. The molecule has 1 aromatic carbocycles. The largest absolute Gasteiger partial charge is 0.508 e. The van der Waals surface area contributed by atoms with E-state index in [0.717, 1.165) is 0 Å². The van der Waals surface area contributed by atoms with Crippen LogP contribution in [0.4, 0.5) is 0 Å². The number of hydrogen-bond acceptors (Lipinski definition) is 8. The highest BCUT2D eigenvalue weighted by Crippen LogP contribution is 2.12. The maximum Gasteiger partial charge on any atom is 0.328 e. The SMILES string of the molecule is CC(N)C(=O)NC(Cc1ccc(O)cc1)C(=O)NC(CCC(N)=O)C(=O)NC(CO)C(=O)O. The molecule has 13 heteroatoms. The fourth-order valence-electron chi connectivity index (χ4n) is 2.67. The number of aliphatic hydroxyl groups is 1. The van der Waals surface area contributed by atoms with Crippen molar-refractivity contribution in [1.29, 1.82) is 0 Å². The summed E-state index contributed by atoms with van der Waals surface area (Å²) in [5, 5.41) is 34.5. The molecule has 0 aliphatic carbocycles. The smallest absolute Gasteiger partial charge is 0.328 e. The van der Waals surface area contributed by atoms with E-state index in [1.54, 1.807) is 0 Å². The number of benzene rings is 1. The van der Waals surface area contributed by atoms with Crippen molar-refractivity contribution in [2.24, 2.45) is 11.5 Å². The molecule has 13 nitrogen and oxygen atoms in total. The highest BCUT2D eigenvalue weighted by atomic mass is 16.4. The maximum atomic E-state index is 12.9. The maximum absolute atomic E-state index is 12.9. The number of aliphatic hydroxyl groups excluding tert-OH is 1. The van der Waals surface area contributed by atoms with Gasteiger partial charge in [-0.15, -0.1) is 0 Å². The van der Waals surface area contributed by atoms with Gasteiger partial charge in [0.25, 0.3) is 0 Å². The van der Waals surface area contributed by atoms with Crippen molar-refractivity contribution >= 4 is 29.6 Å². The van der Waals surface area contributed by atoms with Crippen LogP contribution >= 0.6 is 0 Å². The zero-order valence-corrected chi connectivity index (χ0v) is 18.0. The Hall–Kier alpha value is -3.71. The second-order valence-electron chi connectivity index (χ2n) is 7.37. The summed E-state index contributed by atoms with van der Waals surface area (Å²) in [7, 11) is 0. The van der Waals surface area contributed by atoms with Crippen LogP contribution in [0.2, 0.25) is 0 Å². The van der Waals surface area contributed by atoms with Crippen LogP contribution in [0.1, 0.15) is 25.3 Å². The Labute approximate surface area is 189 Å². The molecule has 4 amide bonds. The molecule has 0 saturated carbocycles. The first kappa shape index (κ1) is 27.3. The summed E-state index contributed by atoms with van der Waals surface area (Å²) < 4.78 is 0. The van der Waals surface area contributed by atoms with Gasteiger partial charge in [0.2, 0.25) is 23.6 Å². The van der Waals surface area contributed by atoms with Crippen LogP contribution in [0.3, 0.4) is 0 Å². The number of aromatic hydroxyl groups is 1. The van der Waals surface area contributed by atoms with Crippen molar-refractivity contribution in [2.75, 3.05) is 6.61 Å². The molecule has 1 rings (SSSR count). The Morgan fingerprint density at radius 2 is 1.42 bits per heavy atom.